The smallest absolute Gasteiger partial charge is 0.226 e. The Kier molecular flexibility index (Phi) is 5.99. The van der Waals surface area contributed by atoms with Gasteiger partial charge in [-0.3, -0.25) is 4.79 Å². The lowest BCUT2D eigenvalue weighted by molar-refractivity contribution is -0.148. The Morgan fingerprint density at radius 1 is 1.50 bits per heavy atom. The Balaban J connectivity index is 2.15. The number of allylic oxidation sites excluding steroid dienone is 1. The highest BCUT2D eigenvalue weighted by Crippen LogP contribution is 2.29. The number of amides is 1. The maximum absolute atomic E-state index is 12.9. The molecule has 1 atom stereocenters. The largest absolute Gasteiger partial charge is 0.481 e. The zero-order valence-electron chi connectivity index (χ0n) is 15.2. The summed E-state index contributed by atoms with van der Waals surface area (Å²) in [5, 5.41) is 0. The standard InChI is InChI=1S/C19H28N2O3/c1-14(2)9-15(3)18(22)21(11-19(4)12-24-13-19)10-16-7-6-8-17(20-16)23-5/h6-8,15H,1,9-13H2,2-5H3. The summed E-state index contributed by atoms with van der Waals surface area (Å²) < 4.78 is 10.5. The molecule has 2 heterocycles. The molecule has 132 valence electrons. The number of hydrogen-bond donors (Lipinski definition) is 0. The SMILES string of the molecule is C=C(C)CC(C)C(=O)N(Cc1cccc(OC)n1)CC1(C)COC1. The molecule has 0 bridgehead atoms. The number of aromatic nitrogens is 1. The van der Waals surface area contributed by atoms with Gasteiger partial charge in [-0.25, -0.2) is 4.98 Å². The Morgan fingerprint density at radius 2 is 2.21 bits per heavy atom. The lowest BCUT2D eigenvalue weighted by Gasteiger charge is -2.42. The molecule has 0 aromatic carbocycles. The van der Waals surface area contributed by atoms with E-state index in [4.69, 9.17) is 9.47 Å². The second-order valence-corrected chi connectivity index (χ2v) is 7.23. The van der Waals surface area contributed by atoms with Gasteiger partial charge in [-0.15, -0.1) is 6.58 Å². The van der Waals surface area contributed by atoms with Crippen molar-refractivity contribution in [2.75, 3.05) is 26.9 Å². The molecule has 1 unspecified atom stereocenters. The predicted octanol–water partition coefficient (Wildman–Crippen LogP) is 3.06. The number of hydrogen-bond acceptors (Lipinski definition) is 4. The minimum Gasteiger partial charge on any atom is -0.481 e. The molecule has 0 aliphatic carbocycles. The summed E-state index contributed by atoms with van der Waals surface area (Å²) in [7, 11) is 1.59. The van der Waals surface area contributed by atoms with Crippen molar-refractivity contribution in [3.8, 4) is 5.88 Å². The van der Waals surface area contributed by atoms with Gasteiger partial charge < -0.3 is 14.4 Å². The van der Waals surface area contributed by atoms with Gasteiger partial charge in [-0.2, -0.15) is 0 Å². The van der Waals surface area contributed by atoms with Crippen LogP contribution in [0.15, 0.2) is 30.4 Å². The van der Waals surface area contributed by atoms with E-state index in [9.17, 15) is 4.79 Å². The summed E-state index contributed by atoms with van der Waals surface area (Å²) in [6.07, 6.45) is 0.702. The van der Waals surface area contributed by atoms with Crippen LogP contribution >= 0.6 is 0 Å². The van der Waals surface area contributed by atoms with Gasteiger partial charge in [-0.05, 0) is 19.4 Å². The molecule has 0 radical (unpaired) electrons. The molecule has 1 saturated heterocycles. The molecule has 0 saturated carbocycles. The Bertz CT molecular complexity index is 596. The van der Waals surface area contributed by atoms with Crippen LogP contribution in [0.2, 0.25) is 0 Å². The molecule has 1 aromatic rings. The minimum atomic E-state index is -0.0855. The summed E-state index contributed by atoms with van der Waals surface area (Å²) in [6.45, 7) is 12.5. The van der Waals surface area contributed by atoms with Crippen LogP contribution in [0, 0.1) is 11.3 Å². The van der Waals surface area contributed by atoms with Crippen molar-refractivity contribution in [2.24, 2.45) is 11.3 Å². The van der Waals surface area contributed by atoms with Crippen molar-refractivity contribution in [3.05, 3.63) is 36.0 Å². The lowest BCUT2D eigenvalue weighted by Crippen LogP contribution is -2.51. The second-order valence-electron chi connectivity index (χ2n) is 7.23. The first-order chi connectivity index (χ1) is 11.3. The topological polar surface area (TPSA) is 51.7 Å². The van der Waals surface area contributed by atoms with Gasteiger partial charge in [0.1, 0.15) is 0 Å². The average molecular weight is 332 g/mol. The van der Waals surface area contributed by atoms with Crippen LogP contribution in [-0.2, 0) is 16.1 Å². The van der Waals surface area contributed by atoms with Crippen molar-refractivity contribution >= 4 is 5.91 Å². The molecule has 1 fully saturated rings. The molecular formula is C19H28N2O3. The molecule has 1 aliphatic rings. The molecule has 1 aliphatic heterocycles. The molecule has 2 rings (SSSR count). The first-order valence-electron chi connectivity index (χ1n) is 8.34. The Labute approximate surface area is 144 Å². The summed E-state index contributed by atoms with van der Waals surface area (Å²) >= 11 is 0. The quantitative estimate of drug-likeness (QED) is 0.687. The first kappa shape index (κ1) is 18.5. The fourth-order valence-corrected chi connectivity index (χ4v) is 2.99. The summed E-state index contributed by atoms with van der Waals surface area (Å²) in [6, 6.07) is 5.63. The minimum absolute atomic E-state index is 0.0253. The lowest BCUT2D eigenvalue weighted by atomic mass is 9.87. The molecule has 1 aromatic heterocycles. The van der Waals surface area contributed by atoms with E-state index in [1.807, 2.05) is 30.9 Å². The van der Waals surface area contributed by atoms with Gasteiger partial charge in [0.15, 0.2) is 0 Å². The average Bonchev–Trinajstić information content (AvgIpc) is 2.51. The molecule has 24 heavy (non-hydrogen) atoms. The zero-order chi connectivity index (χ0) is 17.7. The number of rotatable bonds is 8. The molecule has 5 nitrogen and oxygen atoms in total. The van der Waals surface area contributed by atoms with Gasteiger partial charge in [0.25, 0.3) is 0 Å². The first-order valence-corrected chi connectivity index (χ1v) is 8.34. The Hall–Kier alpha value is -1.88. The highest BCUT2D eigenvalue weighted by molar-refractivity contribution is 5.78. The normalized spacial score (nSPS) is 16.8. The van der Waals surface area contributed by atoms with Crippen LogP contribution < -0.4 is 4.74 Å². The van der Waals surface area contributed by atoms with Crippen molar-refractivity contribution < 1.29 is 14.3 Å². The van der Waals surface area contributed by atoms with E-state index in [1.165, 1.54) is 0 Å². The van der Waals surface area contributed by atoms with Crippen LogP contribution in [0.4, 0.5) is 0 Å². The van der Waals surface area contributed by atoms with Gasteiger partial charge in [0.2, 0.25) is 11.8 Å². The molecular weight excluding hydrogens is 304 g/mol. The van der Waals surface area contributed by atoms with Crippen molar-refractivity contribution in [1.82, 2.24) is 9.88 Å². The fraction of sp³-hybridized carbons (Fsp3) is 0.579. The molecule has 0 spiro atoms. The highest BCUT2D eigenvalue weighted by atomic mass is 16.5. The Morgan fingerprint density at radius 3 is 2.75 bits per heavy atom. The van der Waals surface area contributed by atoms with Crippen molar-refractivity contribution in [2.45, 2.75) is 33.7 Å². The number of methoxy groups -OCH3 is 1. The number of carbonyl (C=O) groups is 1. The van der Waals surface area contributed by atoms with Gasteiger partial charge in [0, 0.05) is 23.9 Å². The third kappa shape index (κ3) is 4.81. The second kappa shape index (κ2) is 7.79. The van der Waals surface area contributed by atoms with E-state index >= 15 is 0 Å². The van der Waals surface area contributed by atoms with Crippen LogP contribution in [0.25, 0.3) is 0 Å². The third-order valence-corrected chi connectivity index (χ3v) is 4.20. The van der Waals surface area contributed by atoms with E-state index < -0.39 is 0 Å². The number of nitrogens with zero attached hydrogens (tertiary/aromatic N) is 2. The maximum Gasteiger partial charge on any atom is 0.226 e. The van der Waals surface area contributed by atoms with Crippen LogP contribution in [0.1, 0.15) is 32.9 Å². The van der Waals surface area contributed by atoms with E-state index in [0.29, 0.717) is 38.6 Å². The van der Waals surface area contributed by atoms with Crippen LogP contribution in [0.5, 0.6) is 5.88 Å². The van der Waals surface area contributed by atoms with Crippen molar-refractivity contribution in [1.29, 1.82) is 0 Å². The summed E-state index contributed by atoms with van der Waals surface area (Å²) in [5.74, 6) is 0.613. The number of pyridine rings is 1. The predicted molar refractivity (Wildman–Crippen MR) is 93.7 cm³/mol. The van der Waals surface area contributed by atoms with E-state index in [0.717, 1.165) is 11.3 Å². The highest BCUT2D eigenvalue weighted by Gasteiger charge is 2.37. The molecule has 0 N–H and O–H groups in total. The maximum atomic E-state index is 12.9. The van der Waals surface area contributed by atoms with Gasteiger partial charge >= 0.3 is 0 Å². The summed E-state index contributed by atoms with van der Waals surface area (Å²) in [4.78, 5) is 19.3. The number of ether oxygens (including phenoxy) is 2. The zero-order valence-corrected chi connectivity index (χ0v) is 15.2. The van der Waals surface area contributed by atoms with E-state index in [-0.39, 0.29) is 17.2 Å². The van der Waals surface area contributed by atoms with Crippen LogP contribution in [0.3, 0.4) is 0 Å². The van der Waals surface area contributed by atoms with E-state index in [1.54, 1.807) is 13.2 Å². The monoisotopic (exact) mass is 332 g/mol. The summed E-state index contributed by atoms with van der Waals surface area (Å²) in [5.41, 5.74) is 1.87. The fourth-order valence-electron chi connectivity index (χ4n) is 2.99. The molecule has 1 amide bonds. The van der Waals surface area contributed by atoms with Gasteiger partial charge in [0.05, 0.1) is 32.6 Å². The number of carbonyl (C=O) groups excluding carboxylic acids is 1. The molecule has 5 heteroatoms. The van der Waals surface area contributed by atoms with Gasteiger partial charge in [-0.1, -0.05) is 25.5 Å². The van der Waals surface area contributed by atoms with Crippen LogP contribution in [-0.4, -0.2) is 42.7 Å². The van der Waals surface area contributed by atoms with E-state index in [2.05, 4.69) is 18.5 Å². The third-order valence-electron chi connectivity index (χ3n) is 4.20. The van der Waals surface area contributed by atoms with Crippen molar-refractivity contribution in [3.63, 3.8) is 0 Å².